The van der Waals surface area contributed by atoms with Crippen molar-refractivity contribution in [3.63, 3.8) is 0 Å². The number of hydrogen-bond donors (Lipinski definition) is 4. The number of imidazole rings is 1. The van der Waals surface area contributed by atoms with Crippen LogP contribution in [0.1, 0.15) is 47.4 Å². The number of benzene rings is 2. The van der Waals surface area contributed by atoms with Crippen molar-refractivity contribution in [2.75, 3.05) is 12.8 Å². The number of nitrogen functional groups attached to an aromatic ring is 1. The Kier molecular flexibility index (Phi) is 6.43. The summed E-state index contributed by atoms with van der Waals surface area (Å²) in [6, 6.07) is 19.8. The Morgan fingerprint density at radius 2 is 1.89 bits per heavy atom. The van der Waals surface area contributed by atoms with Gasteiger partial charge in [0.2, 0.25) is 0 Å². The number of methoxy groups -OCH3 is 1. The lowest BCUT2D eigenvalue weighted by Gasteiger charge is -2.23. The summed E-state index contributed by atoms with van der Waals surface area (Å²) in [5.74, 6) is 1.29. The van der Waals surface area contributed by atoms with Crippen molar-refractivity contribution < 1.29 is 9.53 Å². The SMILES string of the molecule is CCC(CC(NC(=O)c1ccc2[nH]c(-c3cc(N)nc4nc(C)[nH]c34)cc2c1)OC)c1ccccc1. The number of amides is 1. The van der Waals surface area contributed by atoms with E-state index in [0.717, 1.165) is 39.9 Å². The summed E-state index contributed by atoms with van der Waals surface area (Å²) in [5, 5.41) is 3.96. The van der Waals surface area contributed by atoms with Gasteiger partial charge in [-0.3, -0.25) is 4.79 Å². The molecule has 184 valence electrons. The molecule has 0 saturated heterocycles. The van der Waals surface area contributed by atoms with Crippen molar-refractivity contribution in [1.29, 1.82) is 0 Å². The second-order valence-corrected chi connectivity index (χ2v) is 9.05. The molecular formula is C28H30N6O2. The summed E-state index contributed by atoms with van der Waals surface area (Å²) < 4.78 is 5.63. The molecule has 5 rings (SSSR count). The fraction of sp³-hybridized carbons (Fsp3) is 0.250. The maximum atomic E-state index is 13.1. The number of ether oxygens (including phenoxy) is 1. The maximum Gasteiger partial charge on any atom is 0.253 e. The lowest BCUT2D eigenvalue weighted by molar-refractivity contribution is 0.0499. The molecule has 0 aliphatic rings. The molecule has 3 heterocycles. The van der Waals surface area contributed by atoms with Gasteiger partial charge in [-0.05, 0) is 61.6 Å². The first-order valence-corrected chi connectivity index (χ1v) is 12.1. The minimum absolute atomic E-state index is 0.172. The van der Waals surface area contributed by atoms with Gasteiger partial charge in [0.05, 0.1) is 5.52 Å². The molecule has 3 aromatic heterocycles. The number of anilines is 1. The molecule has 0 aliphatic heterocycles. The zero-order chi connectivity index (χ0) is 25.2. The molecular weight excluding hydrogens is 452 g/mol. The van der Waals surface area contributed by atoms with Crippen molar-refractivity contribution in [3.05, 3.63) is 77.6 Å². The Balaban J connectivity index is 1.38. The van der Waals surface area contributed by atoms with Crippen molar-refractivity contribution in [2.45, 2.75) is 38.8 Å². The number of nitrogens with zero attached hydrogens (tertiary/aromatic N) is 2. The summed E-state index contributed by atoms with van der Waals surface area (Å²) >= 11 is 0. The third-order valence-corrected chi connectivity index (χ3v) is 6.61. The standard InChI is InChI=1S/C28H30N6O2/c1-4-17(18-8-6-5-7-9-18)14-25(36-3)34-28(35)19-10-11-22-20(12-19)13-23(32-22)21-15-24(29)33-27-26(21)30-16(2)31-27/h5-13,15,17,25,32H,4,14H2,1-3H3,(H,34,35)(H3,29,30,31,33). The van der Waals surface area contributed by atoms with E-state index in [4.69, 9.17) is 10.5 Å². The smallest absolute Gasteiger partial charge is 0.253 e. The molecule has 36 heavy (non-hydrogen) atoms. The van der Waals surface area contributed by atoms with Gasteiger partial charge in [0.1, 0.15) is 17.9 Å². The predicted molar refractivity (Wildman–Crippen MR) is 143 cm³/mol. The molecule has 0 bridgehead atoms. The van der Waals surface area contributed by atoms with Crippen LogP contribution in [0, 0.1) is 6.92 Å². The van der Waals surface area contributed by atoms with E-state index in [2.05, 4.69) is 44.3 Å². The molecule has 5 N–H and O–H groups in total. The van der Waals surface area contributed by atoms with Crippen molar-refractivity contribution in [2.24, 2.45) is 0 Å². The largest absolute Gasteiger partial charge is 0.384 e. The minimum atomic E-state index is -0.392. The minimum Gasteiger partial charge on any atom is -0.384 e. The zero-order valence-corrected chi connectivity index (χ0v) is 20.6. The van der Waals surface area contributed by atoms with Gasteiger partial charge in [-0.1, -0.05) is 37.3 Å². The number of rotatable bonds is 8. The normalized spacial score (nSPS) is 13.2. The molecule has 0 spiro atoms. The van der Waals surface area contributed by atoms with E-state index < -0.39 is 6.23 Å². The van der Waals surface area contributed by atoms with Crippen molar-refractivity contribution in [1.82, 2.24) is 25.3 Å². The second-order valence-electron chi connectivity index (χ2n) is 9.05. The molecule has 8 nitrogen and oxygen atoms in total. The van der Waals surface area contributed by atoms with Crippen LogP contribution in [0.15, 0.2) is 60.7 Å². The second kappa shape index (κ2) is 9.83. The quantitative estimate of drug-likeness (QED) is 0.224. The molecule has 2 aromatic carbocycles. The van der Waals surface area contributed by atoms with Crippen LogP contribution in [0.2, 0.25) is 0 Å². The first-order chi connectivity index (χ1) is 17.4. The summed E-state index contributed by atoms with van der Waals surface area (Å²) in [6.45, 7) is 4.03. The molecule has 0 aliphatic carbocycles. The molecule has 2 atom stereocenters. The Morgan fingerprint density at radius 1 is 1.08 bits per heavy atom. The van der Waals surface area contributed by atoms with E-state index in [9.17, 15) is 4.79 Å². The van der Waals surface area contributed by atoms with Crippen LogP contribution in [0.5, 0.6) is 0 Å². The number of aryl methyl sites for hydroxylation is 1. The van der Waals surface area contributed by atoms with E-state index in [1.807, 2.05) is 55.5 Å². The molecule has 2 unspecified atom stereocenters. The van der Waals surface area contributed by atoms with Crippen LogP contribution in [-0.2, 0) is 4.74 Å². The number of carbonyl (C=O) groups excluding carboxylic acids is 1. The van der Waals surface area contributed by atoms with Crippen LogP contribution in [0.25, 0.3) is 33.3 Å². The zero-order valence-electron chi connectivity index (χ0n) is 20.6. The average Bonchev–Trinajstić information content (AvgIpc) is 3.48. The highest BCUT2D eigenvalue weighted by molar-refractivity contribution is 6.00. The summed E-state index contributed by atoms with van der Waals surface area (Å²) in [5.41, 5.74) is 11.9. The number of aromatic nitrogens is 4. The van der Waals surface area contributed by atoms with Crippen molar-refractivity contribution in [3.8, 4) is 11.3 Å². The molecule has 0 radical (unpaired) electrons. The predicted octanol–water partition coefficient (Wildman–Crippen LogP) is 5.28. The fourth-order valence-electron chi connectivity index (χ4n) is 4.72. The van der Waals surface area contributed by atoms with E-state index >= 15 is 0 Å². The first-order valence-electron chi connectivity index (χ1n) is 12.1. The van der Waals surface area contributed by atoms with Gasteiger partial charge in [0.15, 0.2) is 5.65 Å². The van der Waals surface area contributed by atoms with Crippen LogP contribution < -0.4 is 11.1 Å². The number of nitrogens with one attached hydrogen (secondary N) is 3. The molecule has 0 fully saturated rings. The first kappa shape index (κ1) is 23.6. The van der Waals surface area contributed by atoms with Crippen LogP contribution in [0.4, 0.5) is 5.82 Å². The van der Waals surface area contributed by atoms with Gasteiger partial charge in [-0.25, -0.2) is 9.97 Å². The van der Waals surface area contributed by atoms with E-state index in [1.54, 1.807) is 7.11 Å². The highest BCUT2D eigenvalue weighted by Gasteiger charge is 2.20. The van der Waals surface area contributed by atoms with E-state index in [0.29, 0.717) is 29.4 Å². The Labute approximate surface area is 209 Å². The van der Waals surface area contributed by atoms with Crippen LogP contribution >= 0.6 is 0 Å². The Hall–Kier alpha value is -4.17. The average molecular weight is 483 g/mol. The number of hydrogen-bond acceptors (Lipinski definition) is 5. The molecule has 8 heteroatoms. The third kappa shape index (κ3) is 4.67. The van der Waals surface area contributed by atoms with Gasteiger partial charge in [0, 0.05) is 34.8 Å². The Morgan fingerprint density at radius 3 is 2.64 bits per heavy atom. The third-order valence-electron chi connectivity index (χ3n) is 6.61. The monoisotopic (exact) mass is 482 g/mol. The number of pyridine rings is 1. The topological polar surface area (TPSA) is 122 Å². The maximum absolute atomic E-state index is 13.1. The van der Waals surface area contributed by atoms with E-state index in [1.165, 1.54) is 5.56 Å². The number of carbonyl (C=O) groups is 1. The number of fused-ring (bicyclic) bond motifs is 2. The highest BCUT2D eigenvalue weighted by atomic mass is 16.5. The fourth-order valence-corrected chi connectivity index (χ4v) is 4.72. The van der Waals surface area contributed by atoms with Gasteiger partial charge >= 0.3 is 0 Å². The lowest BCUT2D eigenvalue weighted by atomic mass is 9.92. The van der Waals surface area contributed by atoms with E-state index in [-0.39, 0.29) is 5.91 Å². The number of aromatic amines is 2. The number of H-pyrrole nitrogens is 2. The Bertz CT molecular complexity index is 1520. The lowest BCUT2D eigenvalue weighted by Crippen LogP contribution is -2.37. The summed E-state index contributed by atoms with van der Waals surface area (Å²) in [4.78, 5) is 28.5. The van der Waals surface area contributed by atoms with Gasteiger partial charge in [-0.2, -0.15) is 0 Å². The molecule has 0 saturated carbocycles. The van der Waals surface area contributed by atoms with Crippen LogP contribution in [-0.4, -0.2) is 39.2 Å². The van der Waals surface area contributed by atoms with Gasteiger partial charge < -0.3 is 25.8 Å². The number of nitrogens with two attached hydrogens (primary N) is 1. The van der Waals surface area contributed by atoms with Gasteiger partial charge in [0.25, 0.3) is 5.91 Å². The van der Waals surface area contributed by atoms with Crippen LogP contribution in [0.3, 0.4) is 0 Å². The highest BCUT2D eigenvalue weighted by Crippen LogP contribution is 2.31. The molecule has 5 aromatic rings. The van der Waals surface area contributed by atoms with Crippen molar-refractivity contribution >= 4 is 33.8 Å². The van der Waals surface area contributed by atoms with Gasteiger partial charge in [-0.15, -0.1) is 0 Å². The summed E-state index contributed by atoms with van der Waals surface area (Å²) in [7, 11) is 1.63. The molecule has 1 amide bonds. The summed E-state index contributed by atoms with van der Waals surface area (Å²) in [6.07, 6.45) is 1.26.